The number of benzene rings is 1. The van der Waals surface area contributed by atoms with Gasteiger partial charge in [-0.2, -0.15) is 6.41 Å². The van der Waals surface area contributed by atoms with Crippen molar-refractivity contribution in [1.29, 1.82) is 0 Å². The summed E-state index contributed by atoms with van der Waals surface area (Å²) < 4.78 is 15.9. The number of Topliss-reactive ketones (excluding diaryl/α,β-unsaturated/α-hetero) is 1. The van der Waals surface area contributed by atoms with Gasteiger partial charge in [-0.1, -0.05) is 46.2 Å². The van der Waals surface area contributed by atoms with E-state index in [2.05, 4.69) is 54.3 Å². The zero-order valence-electron chi connectivity index (χ0n) is 39.9. The van der Waals surface area contributed by atoms with Crippen LogP contribution in [0.2, 0.25) is 0 Å². The first-order valence-electron chi connectivity index (χ1n) is 20.9. The molecule has 0 aromatic heterocycles. The van der Waals surface area contributed by atoms with Crippen molar-refractivity contribution < 1.29 is 52.9 Å². The number of unbranched alkanes of at least 4 members (excludes halogenated alkanes) is 1. The van der Waals surface area contributed by atoms with Gasteiger partial charge in [0.1, 0.15) is 34.8 Å². The number of hydrogen-bond donors (Lipinski definition) is 6. The largest absolute Gasteiger partial charge is 0.522 e. The molecule has 1 aromatic rings. The van der Waals surface area contributed by atoms with Crippen LogP contribution in [-0.4, -0.2) is 103 Å². The molecule has 0 heterocycles. The fourth-order valence-corrected chi connectivity index (χ4v) is 4.44. The van der Waals surface area contributed by atoms with Gasteiger partial charge in [-0.05, 0) is 124 Å². The van der Waals surface area contributed by atoms with Crippen LogP contribution in [0.5, 0.6) is 5.75 Å². The number of carbonyl (C=O) groups excluding carboxylic acids is 6. The molecule has 0 aliphatic heterocycles. The average molecular weight is 1120 g/mol. The van der Waals surface area contributed by atoms with Gasteiger partial charge in [0, 0.05) is 26.0 Å². The number of aliphatic carboxylic acids is 1. The van der Waals surface area contributed by atoms with Crippen molar-refractivity contribution in [2.45, 2.75) is 171 Å². The molecule has 1 fully saturated rings. The second-order valence-electron chi connectivity index (χ2n) is 19.3. The number of hydrogen-bond acceptors (Lipinski definition) is 10. The molecule has 17 heteroatoms. The second-order valence-corrected chi connectivity index (χ2v) is 19.3. The molecule has 2 rings (SSSR count). The summed E-state index contributed by atoms with van der Waals surface area (Å²) in [6.45, 7) is 26.8. The van der Waals surface area contributed by atoms with Crippen molar-refractivity contribution >= 4 is 42.0 Å². The molecule has 16 nitrogen and oxygen atoms in total. The van der Waals surface area contributed by atoms with Crippen LogP contribution in [0.3, 0.4) is 0 Å². The van der Waals surface area contributed by atoms with Crippen LogP contribution in [0, 0.1) is 11.3 Å². The summed E-state index contributed by atoms with van der Waals surface area (Å²) in [6, 6.07) is 4.62. The van der Waals surface area contributed by atoms with Crippen LogP contribution >= 0.6 is 0 Å². The van der Waals surface area contributed by atoms with E-state index in [1.54, 1.807) is 59.1 Å². The molecule has 1 aliphatic rings. The first kappa shape index (κ1) is 60.6. The third kappa shape index (κ3) is 37.3. The molecule has 5 amide bonds. The Labute approximate surface area is 365 Å². The van der Waals surface area contributed by atoms with Gasteiger partial charge in [0.25, 0.3) is 0 Å². The summed E-state index contributed by atoms with van der Waals surface area (Å²) >= 11 is 0. The smallest absolute Gasteiger partial charge is 0.407 e. The zero-order chi connectivity index (χ0) is 47.6. The predicted octanol–water partition coefficient (Wildman–Crippen LogP) is 5.79. The summed E-state index contributed by atoms with van der Waals surface area (Å²) in [6.07, 6.45) is 5.37. The molecule has 0 radical (unpaired) electrons. The molecule has 1 saturated carbocycles. The van der Waals surface area contributed by atoms with Gasteiger partial charge in [-0.3, -0.25) is 19.2 Å². The van der Waals surface area contributed by atoms with Crippen molar-refractivity contribution in [1.82, 2.24) is 26.6 Å². The molecular weight excluding hydrogens is 1040 g/mol. The molecule has 1 aliphatic carbocycles. The number of nitrogens with one attached hydrogen (secondary N) is 5. The minimum atomic E-state index is -1.25. The maximum atomic E-state index is 12.9. The van der Waals surface area contributed by atoms with E-state index in [4.69, 9.17) is 14.2 Å². The second kappa shape index (κ2) is 29.5. The van der Waals surface area contributed by atoms with Gasteiger partial charge in [0.15, 0.2) is 0 Å². The average Bonchev–Trinajstić information content (AvgIpc) is 3.06. The molecule has 1 aromatic carbocycles. The van der Waals surface area contributed by atoms with Gasteiger partial charge >= 0.3 is 12.1 Å². The third-order valence-corrected chi connectivity index (χ3v) is 7.70. The number of rotatable bonds is 18. The number of carboxylic acids is 1. The number of amides is 5. The number of ether oxygens (including phenoxy) is 3. The monoisotopic (exact) mass is 1120 g/mol. The molecule has 6 N–H and O–H groups in total. The Kier molecular flexibility index (Phi) is 28.8. The minimum Gasteiger partial charge on any atom is -0.522 e. The van der Waals surface area contributed by atoms with E-state index in [0.29, 0.717) is 41.3 Å². The van der Waals surface area contributed by atoms with Crippen molar-refractivity contribution in [3.8, 4) is 5.75 Å². The van der Waals surface area contributed by atoms with Gasteiger partial charge in [-0.25, -0.2) is 9.59 Å². The Morgan fingerprint density at radius 3 is 1.65 bits per heavy atom. The standard InChI is InChI=1S/C29H44N5O9.C6H10O.C5H12O.C5H12.Fm/c1-28(2,3)42-20-12-10-19(11-13-20)15-22(34-23(36)16-30-18-35)25(38)32-17-24(37)33-21(26(39)40)9-7-8-14-31-27(41)43-29(4,5)6;1-5(7)6-3-2-4-6;1-5(2,3)6-4;1-5(2,3)4;/h10-13,21-22H,7-9,14-17H2,1-6H3,(H,30,35)(H,31,41)(H,32,38)(H,33,37)(H,34,36)(H,39,40);6H,2-4H2,1H3;1-4H3;1-4H3;/q-1;;;;. The normalized spacial score (nSPS) is 13.3. The Hall–Kier alpha value is -5.73. The summed E-state index contributed by atoms with van der Waals surface area (Å²) in [4.78, 5) is 81.7. The first-order chi connectivity index (χ1) is 27.9. The van der Waals surface area contributed by atoms with Gasteiger partial charge in [0.2, 0.25) is 17.7 Å². The van der Waals surface area contributed by atoms with Crippen LogP contribution in [0.1, 0.15) is 141 Å². The van der Waals surface area contributed by atoms with Crippen LogP contribution in [0.25, 0.3) is 0 Å². The maximum Gasteiger partial charge on any atom is 0.407 e. The number of alkyl carbamates (subject to hydrolysis) is 1. The van der Waals surface area contributed by atoms with Crippen LogP contribution in [0.15, 0.2) is 24.3 Å². The molecule has 2 atom stereocenters. The number of ketones is 1. The van der Waals surface area contributed by atoms with E-state index in [1.807, 2.05) is 41.5 Å². The SMILES string of the molecule is CC(=O)C1CCC1.CC(C)(C)C.CC(C)(C)OC(=O)NCCCCC(NC(=O)CNC(=O)C(Cc1ccc(OC(C)(C)C)cc1)NC(=O)CN[C-]=O)C(=O)O.COC(C)(C)C.[Fm]. The third-order valence-electron chi connectivity index (χ3n) is 7.70. The first-order valence-corrected chi connectivity index (χ1v) is 20.9. The Balaban J connectivity index is -0.00000150. The molecule has 362 valence electrons. The quantitative estimate of drug-likeness (QED) is 0.0586. The van der Waals surface area contributed by atoms with Crippen LogP contribution < -0.4 is 31.3 Å². The number of carbonyl (C=O) groups is 6. The molecule has 62 heavy (non-hydrogen) atoms. The fourth-order valence-electron chi connectivity index (χ4n) is 4.44. The van der Waals surface area contributed by atoms with Crippen molar-refractivity contribution in [2.24, 2.45) is 11.3 Å². The molecule has 0 spiro atoms. The van der Waals surface area contributed by atoms with E-state index in [1.165, 1.54) is 12.8 Å². The predicted molar refractivity (Wildman–Crippen MR) is 237 cm³/mol. The van der Waals surface area contributed by atoms with E-state index in [0.717, 1.165) is 12.8 Å². The molecule has 2 unspecified atom stereocenters. The zero-order valence-corrected chi connectivity index (χ0v) is 42.3. The summed E-state index contributed by atoms with van der Waals surface area (Å²) in [7, 11) is 1.71. The van der Waals surface area contributed by atoms with Crippen LogP contribution in [0.4, 0.5) is 4.79 Å². The fraction of sp³-hybridized carbons (Fsp3) is 0.711. The molecule has 0 bridgehead atoms. The number of carboxylic acid groups (broad SMARTS) is 1. The van der Waals surface area contributed by atoms with Crippen molar-refractivity contribution in [3.63, 3.8) is 0 Å². The summed E-state index contributed by atoms with van der Waals surface area (Å²) in [5, 5.41) is 21.5. The summed E-state index contributed by atoms with van der Waals surface area (Å²) in [5.74, 6) is -1.87. The van der Waals surface area contributed by atoms with E-state index < -0.39 is 66.2 Å². The van der Waals surface area contributed by atoms with E-state index in [-0.39, 0.29) is 25.0 Å². The van der Waals surface area contributed by atoms with Crippen LogP contribution in [-0.2, 0) is 44.7 Å². The number of methoxy groups -OCH3 is 1. The maximum absolute atomic E-state index is 12.9. The van der Waals surface area contributed by atoms with Gasteiger partial charge < -0.3 is 50.7 Å². The minimum absolute atomic E-state index is 0. The topological polar surface area (TPSA) is 228 Å². The van der Waals surface area contributed by atoms with Crippen molar-refractivity contribution in [3.05, 3.63) is 29.8 Å². The Morgan fingerprint density at radius 2 is 1.26 bits per heavy atom. The van der Waals surface area contributed by atoms with E-state index >= 15 is 0 Å². The Morgan fingerprint density at radius 1 is 0.758 bits per heavy atom. The van der Waals surface area contributed by atoms with Gasteiger partial charge in [-0.15, -0.1) is 0 Å². The van der Waals surface area contributed by atoms with Crippen molar-refractivity contribution in [2.75, 3.05) is 26.7 Å². The molecule has 0 saturated heterocycles. The van der Waals surface area contributed by atoms with E-state index in [9.17, 15) is 38.7 Å². The Bertz CT molecular complexity index is 1490. The summed E-state index contributed by atoms with van der Waals surface area (Å²) in [5.41, 5.74) is 0.191. The molecular formula is C45H78FmN5O11-. The van der Waals surface area contributed by atoms with Gasteiger partial charge in [0.05, 0.1) is 18.7 Å².